The first-order valence-corrected chi connectivity index (χ1v) is 12.7. The van der Waals surface area contributed by atoms with Gasteiger partial charge in [0.1, 0.15) is 0 Å². The van der Waals surface area contributed by atoms with Crippen LogP contribution in [-0.4, -0.2) is 35.3 Å². The number of ether oxygens (including phenoxy) is 3. The zero-order valence-electron chi connectivity index (χ0n) is 21.6. The third-order valence-corrected chi connectivity index (χ3v) is 6.77. The summed E-state index contributed by atoms with van der Waals surface area (Å²) in [5.74, 6) is 0.433. The summed E-state index contributed by atoms with van der Waals surface area (Å²) in [4.78, 5) is 42.3. The van der Waals surface area contributed by atoms with Gasteiger partial charge in [-0.25, -0.2) is 9.79 Å². The van der Waals surface area contributed by atoms with Gasteiger partial charge >= 0.3 is 5.97 Å². The molecule has 0 saturated heterocycles. The number of esters is 1. The molecule has 0 amide bonds. The van der Waals surface area contributed by atoms with Crippen molar-refractivity contribution in [1.82, 2.24) is 4.57 Å². The van der Waals surface area contributed by atoms with Gasteiger partial charge in [-0.05, 0) is 69.2 Å². The molecule has 38 heavy (non-hydrogen) atoms. The van der Waals surface area contributed by atoms with Crippen LogP contribution < -0.4 is 24.4 Å². The highest BCUT2D eigenvalue weighted by molar-refractivity contribution is 7.07. The number of hydrogen-bond acceptors (Lipinski definition) is 9. The van der Waals surface area contributed by atoms with E-state index in [0.717, 1.165) is 0 Å². The molecule has 1 aliphatic rings. The molecule has 10 nitrogen and oxygen atoms in total. The zero-order chi connectivity index (χ0) is 27.6. The molecule has 1 aliphatic heterocycles. The van der Waals surface area contributed by atoms with Gasteiger partial charge in [-0.3, -0.25) is 19.5 Å². The van der Waals surface area contributed by atoms with E-state index in [9.17, 15) is 19.7 Å². The molecule has 3 aromatic rings. The summed E-state index contributed by atoms with van der Waals surface area (Å²) in [6.07, 6.45) is 1.57. The fourth-order valence-corrected chi connectivity index (χ4v) is 5.20. The van der Waals surface area contributed by atoms with Crippen molar-refractivity contribution in [2.45, 2.75) is 39.8 Å². The third kappa shape index (κ3) is 5.23. The standard InChI is InChI=1S/C27H27N3O7S/c1-6-36-26(32)23-16(4)28-27-29(24(23)18-9-12-20(37-15(2)3)21(14-18)35-5)25(31)22(38-27)13-17-7-10-19(11-8-17)30(33)34/h7-15,24H,6H2,1-5H3/b22-13-/t24-/m1/s1. The molecule has 198 valence electrons. The minimum atomic E-state index is -0.814. The van der Waals surface area contributed by atoms with E-state index in [0.29, 0.717) is 37.7 Å². The molecule has 4 rings (SSSR count). The van der Waals surface area contributed by atoms with Gasteiger partial charge < -0.3 is 14.2 Å². The Morgan fingerprint density at radius 3 is 2.53 bits per heavy atom. The molecule has 0 fully saturated rings. The van der Waals surface area contributed by atoms with E-state index in [1.54, 1.807) is 50.3 Å². The molecule has 0 unspecified atom stereocenters. The van der Waals surface area contributed by atoms with Crippen LogP contribution in [0, 0.1) is 10.1 Å². The number of non-ortho nitro benzene ring substituents is 1. The van der Waals surface area contributed by atoms with Crippen molar-refractivity contribution in [2.75, 3.05) is 13.7 Å². The summed E-state index contributed by atoms with van der Waals surface area (Å²) in [5.41, 5.74) is 1.54. The molecule has 0 radical (unpaired) electrons. The minimum Gasteiger partial charge on any atom is -0.493 e. The Balaban J connectivity index is 1.91. The second-order valence-electron chi connectivity index (χ2n) is 8.73. The number of nitrogens with zero attached hydrogens (tertiary/aromatic N) is 3. The summed E-state index contributed by atoms with van der Waals surface area (Å²) in [7, 11) is 1.52. The lowest BCUT2D eigenvalue weighted by Gasteiger charge is -2.25. The van der Waals surface area contributed by atoms with Crippen molar-refractivity contribution in [3.8, 4) is 11.5 Å². The van der Waals surface area contributed by atoms with Crippen LogP contribution in [0.5, 0.6) is 11.5 Å². The number of rotatable bonds is 8. The maximum Gasteiger partial charge on any atom is 0.338 e. The van der Waals surface area contributed by atoms with Crippen LogP contribution in [0.2, 0.25) is 0 Å². The predicted molar refractivity (Wildman–Crippen MR) is 142 cm³/mol. The van der Waals surface area contributed by atoms with Crippen molar-refractivity contribution in [2.24, 2.45) is 4.99 Å². The van der Waals surface area contributed by atoms with E-state index in [1.165, 1.54) is 35.1 Å². The maximum atomic E-state index is 13.7. The Morgan fingerprint density at radius 2 is 1.92 bits per heavy atom. The average Bonchev–Trinajstić information content (AvgIpc) is 3.17. The Bertz CT molecular complexity index is 1600. The number of fused-ring (bicyclic) bond motifs is 1. The first-order chi connectivity index (χ1) is 18.1. The van der Waals surface area contributed by atoms with E-state index in [4.69, 9.17) is 14.2 Å². The number of allylic oxidation sites excluding steroid dienone is 1. The van der Waals surface area contributed by atoms with Crippen LogP contribution in [0.1, 0.15) is 44.9 Å². The number of nitro benzene ring substituents is 1. The number of aromatic nitrogens is 1. The fraction of sp³-hybridized carbons (Fsp3) is 0.296. The average molecular weight is 538 g/mol. The van der Waals surface area contributed by atoms with Crippen LogP contribution >= 0.6 is 11.3 Å². The van der Waals surface area contributed by atoms with Gasteiger partial charge in [-0.2, -0.15) is 0 Å². The Kier molecular flexibility index (Phi) is 7.77. The van der Waals surface area contributed by atoms with Crippen LogP contribution in [0.3, 0.4) is 0 Å². The lowest BCUT2D eigenvalue weighted by Crippen LogP contribution is -2.40. The third-order valence-electron chi connectivity index (χ3n) is 5.78. The van der Waals surface area contributed by atoms with Crippen molar-refractivity contribution >= 4 is 29.1 Å². The number of thiazole rings is 1. The van der Waals surface area contributed by atoms with Crippen molar-refractivity contribution in [3.63, 3.8) is 0 Å². The summed E-state index contributed by atoms with van der Waals surface area (Å²) in [6.45, 7) is 7.39. The zero-order valence-corrected chi connectivity index (χ0v) is 22.4. The van der Waals surface area contributed by atoms with Crippen LogP contribution in [0.4, 0.5) is 5.69 Å². The van der Waals surface area contributed by atoms with Gasteiger partial charge in [-0.1, -0.05) is 17.4 Å². The van der Waals surface area contributed by atoms with Gasteiger partial charge in [0, 0.05) is 12.1 Å². The van der Waals surface area contributed by atoms with E-state index in [-0.39, 0.29) is 29.5 Å². The van der Waals surface area contributed by atoms with Gasteiger partial charge in [0.2, 0.25) is 0 Å². The first-order valence-electron chi connectivity index (χ1n) is 11.9. The summed E-state index contributed by atoms with van der Waals surface area (Å²) >= 11 is 1.17. The van der Waals surface area contributed by atoms with Crippen LogP contribution in [-0.2, 0) is 9.53 Å². The lowest BCUT2D eigenvalue weighted by atomic mass is 9.95. The number of carbonyl (C=O) groups excluding carboxylic acids is 1. The van der Waals surface area contributed by atoms with E-state index in [1.807, 2.05) is 13.8 Å². The van der Waals surface area contributed by atoms with Crippen LogP contribution in [0.25, 0.3) is 6.08 Å². The molecule has 1 atom stereocenters. The highest BCUT2D eigenvalue weighted by Crippen LogP contribution is 2.36. The molecule has 0 aliphatic carbocycles. The van der Waals surface area contributed by atoms with E-state index in [2.05, 4.69) is 4.99 Å². The second kappa shape index (κ2) is 11.0. The Morgan fingerprint density at radius 1 is 1.21 bits per heavy atom. The van der Waals surface area contributed by atoms with E-state index >= 15 is 0 Å². The maximum absolute atomic E-state index is 13.7. The fourth-order valence-electron chi connectivity index (χ4n) is 4.16. The molecule has 11 heteroatoms. The topological polar surface area (TPSA) is 122 Å². The highest BCUT2D eigenvalue weighted by atomic mass is 32.1. The molecule has 2 aromatic carbocycles. The molecule has 2 heterocycles. The predicted octanol–water partition coefficient (Wildman–Crippen LogP) is 3.50. The lowest BCUT2D eigenvalue weighted by molar-refractivity contribution is -0.384. The Labute approximate surface area is 222 Å². The summed E-state index contributed by atoms with van der Waals surface area (Å²) in [6, 6.07) is 10.4. The van der Waals surface area contributed by atoms with Crippen molar-refractivity contribution in [3.05, 3.63) is 94.7 Å². The number of benzene rings is 2. The SMILES string of the molecule is CCOC(=O)C1=C(C)N=c2s/c(=C\c3ccc([N+](=O)[O-])cc3)c(=O)n2[C@@H]1c1ccc(OC(C)C)c(OC)c1. The molecular formula is C27H27N3O7S. The second-order valence-corrected chi connectivity index (χ2v) is 9.74. The van der Waals surface area contributed by atoms with Crippen molar-refractivity contribution < 1.29 is 23.9 Å². The molecule has 0 N–H and O–H groups in total. The number of carbonyl (C=O) groups is 1. The normalized spacial score (nSPS) is 15.2. The quantitative estimate of drug-likeness (QED) is 0.245. The van der Waals surface area contributed by atoms with E-state index < -0.39 is 16.9 Å². The summed E-state index contributed by atoms with van der Waals surface area (Å²) in [5, 5.41) is 11.0. The smallest absolute Gasteiger partial charge is 0.338 e. The number of nitro groups is 1. The van der Waals surface area contributed by atoms with Gasteiger partial charge in [0.15, 0.2) is 16.3 Å². The number of hydrogen-bond donors (Lipinski definition) is 0. The Hall–Kier alpha value is -4.25. The van der Waals surface area contributed by atoms with Crippen molar-refractivity contribution in [1.29, 1.82) is 0 Å². The van der Waals surface area contributed by atoms with Gasteiger partial charge in [0.05, 0.1) is 46.6 Å². The monoisotopic (exact) mass is 537 g/mol. The number of methoxy groups -OCH3 is 1. The highest BCUT2D eigenvalue weighted by Gasteiger charge is 2.34. The van der Waals surface area contributed by atoms with Gasteiger partial charge in [0.25, 0.3) is 11.2 Å². The molecule has 1 aromatic heterocycles. The first kappa shape index (κ1) is 26.8. The molecule has 0 saturated carbocycles. The summed E-state index contributed by atoms with van der Waals surface area (Å²) < 4.78 is 18.6. The van der Waals surface area contributed by atoms with Crippen LogP contribution in [0.15, 0.2) is 63.5 Å². The molecule has 0 bridgehead atoms. The van der Waals surface area contributed by atoms with Gasteiger partial charge in [-0.15, -0.1) is 0 Å². The largest absolute Gasteiger partial charge is 0.493 e. The molecule has 0 spiro atoms. The minimum absolute atomic E-state index is 0.0443. The molecular weight excluding hydrogens is 510 g/mol.